The zero-order valence-electron chi connectivity index (χ0n) is 17.3. The molecular formula is C19H25N9O2. The fourth-order valence-corrected chi connectivity index (χ4v) is 2.40. The molecule has 2 aromatic rings. The van der Waals surface area contributed by atoms with Crippen LogP contribution in [-0.4, -0.2) is 52.1 Å². The molecule has 11 heteroatoms. The van der Waals surface area contributed by atoms with Crippen LogP contribution in [0.25, 0.3) is 0 Å². The summed E-state index contributed by atoms with van der Waals surface area (Å²) in [6.07, 6.45) is 7.89. The maximum atomic E-state index is 13.0. The van der Waals surface area contributed by atoms with Crippen molar-refractivity contribution in [2.24, 2.45) is 16.6 Å². The number of carbonyl (C=O) groups excluding carboxylic acids is 2. The van der Waals surface area contributed by atoms with Crippen LogP contribution in [-0.2, 0) is 11.2 Å². The Bertz CT molecular complexity index is 956. The molecule has 158 valence electrons. The van der Waals surface area contributed by atoms with Gasteiger partial charge in [-0.3, -0.25) is 14.6 Å². The smallest absolute Gasteiger partial charge is 0.276 e. The number of carbonyl (C=O) groups is 2. The number of nitrogens with one attached hydrogen (secondary N) is 3. The van der Waals surface area contributed by atoms with Crippen molar-refractivity contribution in [1.82, 2.24) is 30.6 Å². The number of amides is 2. The van der Waals surface area contributed by atoms with Gasteiger partial charge in [-0.15, -0.1) is 0 Å². The van der Waals surface area contributed by atoms with Gasteiger partial charge in [0.25, 0.3) is 11.8 Å². The molecule has 0 aliphatic rings. The molecule has 0 saturated heterocycles. The van der Waals surface area contributed by atoms with Crippen LogP contribution >= 0.6 is 0 Å². The minimum absolute atomic E-state index is 0.0554. The summed E-state index contributed by atoms with van der Waals surface area (Å²) in [7, 11) is 2.93. The van der Waals surface area contributed by atoms with Crippen LogP contribution in [0.3, 0.4) is 0 Å². The van der Waals surface area contributed by atoms with Crippen LogP contribution in [0.1, 0.15) is 30.2 Å². The number of nitrogens with zero attached hydrogens (tertiary/aromatic N) is 5. The Morgan fingerprint density at radius 3 is 2.53 bits per heavy atom. The molecule has 2 rings (SSSR count). The Hall–Kier alpha value is -3.89. The van der Waals surface area contributed by atoms with E-state index in [0.717, 1.165) is 0 Å². The number of rotatable bonds is 8. The van der Waals surface area contributed by atoms with Crippen LogP contribution in [0.4, 0.5) is 11.4 Å². The van der Waals surface area contributed by atoms with E-state index in [-0.39, 0.29) is 17.1 Å². The predicted molar refractivity (Wildman–Crippen MR) is 113 cm³/mol. The van der Waals surface area contributed by atoms with E-state index in [0.29, 0.717) is 29.5 Å². The lowest BCUT2D eigenvalue weighted by Gasteiger charge is -2.14. The largest absolute Gasteiger partial charge is 0.393 e. The number of hydrogen-bond donors (Lipinski definition) is 4. The lowest BCUT2D eigenvalue weighted by atomic mass is 10.1. The maximum Gasteiger partial charge on any atom is 0.276 e. The van der Waals surface area contributed by atoms with Crippen molar-refractivity contribution in [2.45, 2.75) is 20.3 Å². The number of aliphatic imine (C=N–C) groups is 1. The van der Waals surface area contributed by atoms with Gasteiger partial charge in [-0.05, 0) is 5.92 Å². The fourth-order valence-electron chi connectivity index (χ4n) is 2.40. The van der Waals surface area contributed by atoms with Crippen LogP contribution in [0.5, 0.6) is 0 Å². The number of allylic oxidation sites excluding steroid dienone is 1. The van der Waals surface area contributed by atoms with E-state index >= 15 is 0 Å². The monoisotopic (exact) mass is 411 g/mol. The summed E-state index contributed by atoms with van der Waals surface area (Å²) in [5, 5.41) is 8.04. The van der Waals surface area contributed by atoms with E-state index in [4.69, 9.17) is 5.73 Å². The van der Waals surface area contributed by atoms with Gasteiger partial charge in [0, 0.05) is 26.7 Å². The first-order chi connectivity index (χ1) is 14.3. The highest BCUT2D eigenvalue weighted by atomic mass is 16.2. The Morgan fingerprint density at radius 2 is 1.93 bits per heavy atom. The predicted octanol–water partition coefficient (Wildman–Crippen LogP) is 0.555. The summed E-state index contributed by atoms with van der Waals surface area (Å²) < 4.78 is 0. The average Bonchev–Trinajstić information content (AvgIpc) is 2.73. The summed E-state index contributed by atoms with van der Waals surface area (Å²) in [5.74, 6) is -0.315. The Kier molecular flexibility index (Phi) is 7.91. The summed E-state index contributed by atoms with van der Waals surface area (Å²) >= 11 is 0. The second kappa shape index (κ2) is 10.6. The first kappa shape index (κ1) is 22.4. The topological polar surface area (TPSA) is 160 Å². The van der Waals surface area contributed by atoms with Gasteiger partial charge in [0.1, 0.15) is 17.8 Å². The Balaban J connectivity index is 2.44. The summed E-state index contributed by atoms with van der Waals surface area (Å²) in [5.41, 5.74) is 6.70. The molecule has 0 atom stereocenters. The van der Waals surface area contributed by atoms with E-state index in [9.17, 15) is 9.59 Å². The van der Waals surface area contributed by atoms with Gasteiger partial charge in [-0.25, -0.2) is 19.9 Å². The third-order valence-corrected chi connectivity index (χ3v) is 3.75. The molecule has 0 saturated carbocycles. The molecule has 0 unspecified atom stereocenters. The molecule has 0 radical (unpaired) electrons. The van der Waals surface area contributed by atoms with Gasteiger partial charge in [0.05, 0.1) is 35.7 Å². The number of hydrogen-bond acceptors (Lipinski definition) is 9. The zero-order valence-corrected chi connectivity index (χ0v) is 17.3. The second-order valence-electron chi connectivity index (χ2n) is 6.65. The molecular weight excluding hydrogens is 386 g/mol. The molecule has 30 heavy (non-hydrogen) atoms. The molecule has 0 spiro atoms. The number of anilines is 2. The Morgan fingerprint density at radius 1 is 1.23 bits per heavy atom. The molecule has 0 bridgehead atoms. The molecule has 0 aliphatic heterocycles. The molecule has 0 aromatic carbocycles. The van der Waals surface area contributed by atoms with E-state index in [1.54, 1.807) is 12.4 Å². The highest BCUT2D eigenvalue weighted by molar-refractivity contribution is 6.05. The quantitative estimate of drug-likeness (QED) is 0.362. The van der Waals surface area contributed by atoms with Gasteiger partial charge in [0.15, 0.2) is 5.69 Å². The summed E-state index contributed by atoms with van der Waals surface area (Å²) in [4.78, 5) is 45.4. The van der Waals surface area contributed by atoms with Crippen LogP contribution in [0.2, 0.25) is 0 Å². The van der Waals surface area contributed by atoms with Gasteiger partial charge >= 0.3 is 0 Å². The van der Waals surface area contributed by atoms with Crippen molar-refractivity contribution in [2.75, 3.05) is 19.4 Å². The van der Waals surface area contributed by atoms with E-state index in [1.165, 1.54) is 32.8 Å². The highest BCUT2D eigenvalue weighted by Crippen LogP contribution is 2.19. The normalized spacial score (nSPS) is 11.9. The lowest BCUT2D eigenvalue weighted by Crippen LogP contribution is -2.33. The zero-order chi connectivity index (χ0) is 22.1. The molecule has 2 aromatic heterocycles. The van der Waals surface area contributed by atoms with Crippen molar-refractivity contribution in [3.05, 3.63) is 47.8 Å². The fraction of sp³-hybridized carbons (Fsp3) is 0.316. The van der Waals surface area contributed by atoms with Crippen LogP contribution in [0.15, 0.2) is 41.3 Å². The van der Waals surface area contributed by atoms with Crippen molar-refractivity contribution >= 4 is 29.4 Å². The van der Waals surface area contributed by atoms with Gasteiger partial charge < -0.3 is 21.7 Å². The summed E-state index contributed by atoms with van der Waals surface area (Å²) in [6.45, 7) is 4.05. The minimum Gasteiger partial charge on any atom is -0.393 e. The minimum atomic E-state index is -0.580. The lowest BCUT2D eigenvalue weighted by molar-refractivity contribution is -0.117. The summed E-state index contributed by atoms with van der Waals surface area (Å²) in [6, 6.07) is 0. The van der Waals surface area contributed by atoms with Crippen LogP contribution < -0.4 is 21.7 Å². The van der Waals surface area contributed by atoms with E-state index in [2.05, 4.69) is 40.9 Å². The molecule has 11 nitrogen and oxygen atoms in total. The molecule has 5 N–H and O–H groups in total. The van der Waals surface area contributed by atoms with Crippen molar-refractivity contribution in [3.8, 4) is 0 Å². The molecule has 0 fully saturated rings. The number of nitrogens with two attached hydrogens (primary N) is 1. The third-order valence-electron chi connectivity index (χ3n) is 3.75. The van der Waals surface area contributed by atoms with Crippen molar-refractivity contribution in [1.29, 1.82) is 0 Å². The number of aromatic nitrogens is 4. The maximum absolute atomic E-state index is 13.0. The standard InChI is InChI=1S/C19H25N9O2/c1-11(2)5-15-25-9-14(26-12-6-23-10-24-7-12)17(28-15)19(30)27-13(8-21-3)16(20)18(29)22-4/h6-11,26H,5,20H2,1-4H3,(H,22,29)(H,27,30). The van der Waals surface area contributed by atoms with Crippen LogP contribution in [0, 0.1) is 5.92 Å². The van der Waals surface area contributed by atoms with Gasteiger partial charge in [0.2, 0.25) is 0 Å². The van der Waals surface area contributed by atoms with E-state index < -0.39 is 11.8 Å². The highest BCUT2D eigenvalue weighted by Gasteiger charge is 2.19. The number of likely N-dealkylation sites (N-methyl/N-ethyl adjacent to an activating group) is 1. The molecule has 0 aliphatic carbocycles. The SMILES string of the molecule is CN=CC(NC(=O)c1nc(CC(C)C)ncc1Nc1cncnc1)=C(N)C(=O)NC. The van der Waals surface area contributed by atoms with Crippen molar-refractivity contribution < 1.29 is 9.59 Å². The first-order valence-electron chi connectivity index (χ1n) is 9.19. The second-order valence-corrected chi connectivity index (χ2v) is 6.65. The molecule has 2 amide bonds. The van der Waals surface area contributed by atoms with E-state index in [1.807, 2.05) is 13.8 Å². The van der Waals surface area contributed by atoms with Crippen molar-refractivity contribution in [3.63, 3.8) is 0 Å². The third kappa shape index (κ3) is 6.06. The Labute approximate surface area is 174 Å². The first-order valence-corrected chi connectivity index (χ1v) is 9.19. The average molecular weight is 411 g/mol. The molecule has 2 heterocycles. The van der Waals surface area contributed by atoms with Gasteiger partial charge in [-0.2, -0.15) is 0 Å². The van der Waals surface area contributed by atoms with Gasteiger partial charge in [-0.1, -0.05) is 13.8 Å².